The van der Waals surface area contributed by atoms with Crippen molar-refractivity contribution in [3.8, 4) is 17.2 Å². The summed E-state index contributed by atoms with van der Waals surface area (Å²) in [5.41, 5.74) is 2.69. The smallest absolute Gasteiger partial charge is 0.311 e. The van der Waals surface area contributed by atoms with E-state index in [0.717, 1.165) is 16.9 Å². The molecular weight excluding hydrogens is 370 g/mol. The zero-order valence-electron chi connectivity index (χ0n) is 16.6. The van der Waals surface area contributed by atoms with E-state index in [1.165, 1.54) is 6.33 Å². The van der Waals surface area contributed by atoms with E-state index in [4.69, 9.17) is 14.2 Å². The first-order valence-electron chi connectivity index (χ1n) is 9.14. The number of esters is 1. The maximum Gasteiger partial charge on any atom is 0.311 e. The number of hydrogen-bond donors (Lipinski definition) is 1. The fourth-order valence-corrected chi connectivity index (χ4v) is 2.74. The first kappa shape index (κ1) is 20.1. The van der Waals surface area contributed by atoms with Gasteiger partial charge in [0.2, 0.25) is 0 Å². The molecule has 29 heavy (non-hydrogen) atoms. The van der Waals surface area contributed by atoms with Crippen LogP contribution in [0.15, 0.2) is 54.9 Å². The number of nitrogens with one attached hydrogen (secondary N) is 1. The molecule has 0 bridgehead atoms. The summed E-state index contributed by atoms with van der Waals surface area (Å²) >= 11 is 0. The summed E-state index contributed by atoms with van der Waals surface area (Å²) in [5.74, 6) is 2.20. The Balaban J connectivity index is 1.53. The number of benzene rings is 2. The van der Waals surface area contributed by atoms with Crippen LogP contribution in [0.1, 0.15) is 17.7 Å². The minimum absolute atomic E-state index is 0.260. The number of carbonyl (C=O) groups is 1. The third-order valence-electron chi connectivity index (χ3n) is 4.23. The van der Waals surface area contributed by atoms with Crippen LogP contribution < -0.4 is 19.5 Å². The van der Waals surface area contributed by atoms with Crippen molar-refractivity contribution in [3.63, 3.8) is 0 Å². The van der Waals surface area contributed by atoms with Gasteiger partial charge in [-0.05, 0) is 55.3 Å². The van der Waals surface area contributed by atoms with E-state index in [2.05, 4.69) is 15.3 Å². The van der Waals surface area contributed by atoms with E-state index in [-0.39, 0.29) is 12.4 Å². The molecular formula is C22H23N3O4. The minimum atomic E-state index is -0.299. The summed E-state index contributed by atoms with van der Waals surface area (Å²) in [6.07, 6.45) is 2.31. The Kier molecular flexibility index (Phi) is 6.63. The van der Waals surface area contributed by atoms with Crippen molar-refractivity contribution in [2.75, 3.05) is 19.5 Å². The van der Waals surface area contributed by atoms with Gasteiger partial charge in [0.05, 0.1) is 14.2 Å². The highest BCUT2D eigenvalue weighted by atomic mass is 16.5. The molecule has 0 unspecified atom stereocenters. The van der Waals surface area contributed by atoms with Crippen LogP contribution in [0.3, 0.4) is 0 Å². The van der Waals surface area contributed by atoms with Gasteiger partial charge in [-0.3, -0.25) is 4.79 Å². The molecule has 2 aromatic carbocycles. The molecule has 0 saturated heterocycles. The number of ether oxygens (including phenoxy) is 3. The first-order valence-corrected chi connectivity index (χ1v) is 9.14. The summed E-state index contributed by atoms with van der Waals surface area (Å²) in [6, 6.07) is 14.6. The molecule has 0 aliphatic rings. The van der Waals surface area contributed by atoms with Gasteiger partial charge in [-0.15, -0.1) is 0 Å². The number of aryl methyl sites for hydroxylation is 2. The van der Waals surface area contributed by atoms with Crippen molar-refractivity contribution < 1.29 is 19.0 Å². The molecule has 1 heterocycles. The third-order valence-corrected chi connectivity index (χ3v) is 4.23. The maximum absolute atomic E-state index is 12.2. The Labute approximate surface area is 169 Å². The fraction of sp³-hybridized carbons (Fsp3) is 0.227. The van der Waals surface area contributed by atoms with E-state index in [9.17, 15) is 4.79 Å². The molecule has 0 fully saturated rings. The maximum atomic E-state index is 12.2. The zero-order valence-corrected chi connectivity index (χ0v) is 16.6. The average molecular weight is 393 g/mol. The molecule has 0 spiro atoms. The largest absolute Gasteiger partial charge is 0.493 e. The number of rotatable bonds is 8. The van der Waals surface area contributed by atoms with E-state index in [1.807, 2.05) is 43.3 Å². The molecule has 0 amide bonds. The number of aromatic nitrogens is 2. The summed E-state index contributed by atoms with van der Waals surface area (Å²) in [6.45, 7) is 1.90. The Hall–Kier alpha value is -3.61. The molecule has 1 N–H and O–H groups in total. The lowest BCUT2D eigenvalue weighted by atomic mass is 10.1. The van der Waals surface area contributed by atoms with Crippen LogP contribution in [0, 0.1) is 6.92 Å². The van der Waals surface area contributed by atoms with Crippen molar-refractivity contribution in [2.24, 2.45) is 0 Å². The molecule has 3 rings (SSSR count). The summed E-state index contributed by atoms with van der Waals surface area (Å²) in [5, 5.41) is 3.18. The van der Waals surface area contributed by atoms with Crippen molar-refractivity contribution in [2.45, 2.75) is 19.8 Å². The quantitative estimate of drug-likeness (QED) is 0.456. The van der Waals surface area contributed by atoms with E-state index >= 15 is 0 Å². The second-order valence-electron chi connectivity index (χ2n) is 6.36. The monoisotopic (exact) mass is 393 g/mol. The van der Waals surface area contributed by atoms with Crippen LogP contribution in [0.5, 0.6) is 17.2 Å². The molecule has 1 aromatic heterocycles. The van der Waals surface area contributed by atoms with Gasteiger partial charge in [-0.2, -0.15) is 0 Å². The SMILES string of the molecule is COc1ccc(CCC(=O)Oc2ccc(Nc3cc(C)ncn3)cc2)cc1OC. The molecule has 0 radical (unpaired) electrons. The van der Waals surface area contributed by atoms with Crippen LogP contribution >= 0.6 is 0 Å². The van der Waals surface area contributed by atoms with Gasteiger partial charge >= 0.3 is 5.97 Å². The summed E-state index contributed by atoms with van der Waals surface area (Å²) in [4.78, 5) is 20.4. The highest BCUT2D eigenvalue weighted by Gasteiger charge is 2.09. The predicted molar refractivity (Wildman–Crippen MR) is 110 cm³/mol. The molecule has 150 valence electrons. The predicted octanol–water partition coefficient (Wildman–Crippen LogP) is 4.08. The minimum Gasteiger partial charge on any atom is -0.493 e. The molecule has 0 aliphatic carbocycles. The number of hydrogen-bond acceptors (Lipinski definition) is 7. The van der Waals surface area contributed by atoms with E-state index in [1.54, 1.807) is 26.4 Å². The number of methoxy groups -OCH3 is 2. The van der Waals surface area contributed by atoms with E-state index < -0.39 is 0 Å². The second kappa shape index (κ2) is 9.54. The first-order chi connectivity index (χ1) is 14.1. The van der Waals surface area contributed by atoms with Crippen molar-refractivity contribution in [1.82, 2.24) is 9.97 Å². The molecule has 3 aromatic rings. The van der Waals surface area contributed by atoms with Crippen molar-refractivity contribution in [1.29, 1.82) is 0 Å². The van der Waals surface area contributed by atoms with E-state index in [0.29, 0.717) is 29.5 Å². The standard InChI is InChI=1S/C22H23N3O4/c1-15-12-21(24-14-23-15)25-17-6-8-18(9-7-17)29-22(26)11-5-16-4-10-19(27-2)20(13-16)28-3/h4,6-10,12-14H,5,11H2,1-3H3,(H,23,24,25). The summed E-state index contributed by atoms with van der Waals surface area (Å²) in [7, 11) is 3.17. The van der Waals surface area contributed by atoms with Gasteiger partial charge in [0, 0.05) is 23.9 Å². The fourth-order valence-electron chi connectivity index (χ4n) is 2.74. The van der Waals surface area contributed by atoms with Crippen LogP contribution in [0.25, 0.3) is 0 Å². The Bertz CT molecular complexity index is 974. The Morgan fingerprint density at radius 1 is 0.966 bits per heavy atom. The zero-order chi connectivity index (χ0) is 20.6. The van der Waals surface area contributed by atoms with Crippen molar-refractivity contribution >= 4 is 17.5 Å². The van der Waals surface area contributed by atoms with Gasteiger partial charge < -0.3 is 19.5 Å². The highest BCUT2D eigenvalue weighted by molar-refractivity contribution is 5.73. The molecule has 7 nitrogen and oxygen atoms in total. The Morgan fingerprint density at radius 2 is 1.72 bits per heavy atom. The lowest BCUT2D eigenvalue weighted by molar-refractivity contribution is -0.134. The topological polar surface area (TPSA) is 82.6 Å². The van der Waals surface area contributed by atoms with Gasteiger partial charge in [0.15, 0.2) is 11.5 Å². The normalized spacial score (nSPS) is 10.3. The highest BCUT2D eigenvalue weighted by Crippen LogP contribution is 2.28. The van der Waals surface area contributed by atoms with Crippen LogP contribution in [-0.2, 0) is 11.2 Å². The van der Waals surface area contributed by atoms with Crippen LogP contribution in [-0.4, -0.2) is 30.2 Å². The molecule has 0 saturated carbocycles. The van der Waals surface area contributed by atoms with Gasteiger partial charge in [0.1, 0.15) is 17.9 Å². The van der Waals surface area contributed by atoms with Gasteiger partial charge in [0.25, 0.3) is 0 Å². The van der Waals surface area contributed by atoms with Crippen molar-refractivity contribution in [3.05, 3.63) is 66.1 Å². The van der Waals surface area contributed by atoms with Crippen LogP contribution in [0.4, 0.5) is 11.5 Å². The Morgan fingerprint density at radius 3 is 2.41 bits per heavy atom. The van der Waals surface area contributed by atoms with Gasteiger partial charge in [-0.25, -0.2) is 9.97 Å². The third kappa shape index (κ3) is 5.68. The molecule has 7 heteroatoms. The average Bonchev–Trinajstić information content (AvgIpc) is 2.73. The molecule has 0 aliphatic heterocycles. The van der Waals surface area contributed by atoms with Crippen LogP contribution in [0.2, 0.25) is 0 Å². The summed E-state index contributed by atoms with van der Waals surface area (Å²) < 4.78 is 15.9. The second-order valence-corrected chi connectivity index (χ2v) is 6.36. The van der Waals surface area contributed by atoms with Gasteiger partial charge in [-0.1, -0.05) is 6.07 Å². The molecule has 0 atom stereocenters. The number of carbonyl (C=O) groups excluding carboxylic acids is 1. The number of nitrogens with zero attached hydrogens (tertiary/aromatic N) is 2. The lowest BCUT2D eigenvalue weighted by Gasteiger charge is -2.10. The lowest BCUT2D eigenvalue weighted by Crippen LogP contribution is -2.09. The number of anilines is 2.